The van der Waals surface area contributed by atoms with Gasteiger partial charge in [0.15, 0.2) is 0 Å². The molecule has 1 heterocycles. The predicted molar refractivity (Wildman–Crippen MR) is 105 cm³/mol. The average Bonchev–Trinajstić information content (AvgIpc) is 3.32. The van der Waals surface area contributed by atoms with E-state index < -0.39 is 0 Å². The SMILES string of the molecule is CC1(C)OB(c2ccc(-[c-]3cccc3)cc2)OC1(C)C.[Fe+2].c1cc[cH-]c1. The summed E-state index contributed by atoms with van der Waals surface area (Å²) in [7, 11) is -0.284. The van der Waals surface area contributed by atoms with Crippen LogP contribution in [-0.4, -0.2) is 18.3 Å². The van der Waals surface area contributed by atoms with Crippen LogP contribution in [0.3, 0.4) is 0 Å². The van der Waals surface area contributed by atoms with Gasteiger partial charge in [0.25, 0.3) is 0 Å². The van der Waals surface area contributed by atoms with Gasteiger partial charge in [0.2, 0.25) is 0 Å². The Morgan fingerprint density at radius 2 is 1.31 bits per heavy atom. The first kappa shape index (κ1) is 20.7. The Morgan fingerprint density at radius 1 is 0.808 bits per heavy atom. The molecule has 26 heavy (non-hydrogen) atoms. The molecule has 0 amide bonds. The quantitative estimate of drug-likeness (QED) is 0.465. The Labute approximate surface area is 167 Å². The molecule has 0 radical (unpaired) electrons. The van der Waals surface area contributed by atoms with E-state index in [9.17, 15) is 0 Å². The summed E-state index contributed by atoms with van der Waals surface area (Å²) in [6.45, 7) is 8.30. The van der Waals surface area contributed by atoms with Crippen LogP contribution in [-0.2, 0) is 26.4 Å². The molecule has 4 rings (SSSR count). The fraction of sp³-hybridized carbons (Fsp3) is 0.273. The molecule has 0 atom stereocenters. The van der Waals surface area contributed by atoms with Gasteiger partial charge in [-0.15, -0.1) is 29.8 Å². The van der Waals surface area contributed by atoms with Gasteiger partial charge < -0.3 is 9.31 Å². The Morgan fingerprint density at radius 3 is 1.73 bits per heavy atom. The van der Waals surface area contributed by atoms with E-state index in [0.29, 0.717) is 0 Å². The largest absolute Gasteiger partial charge is 2.00 e. The van der Waals surface area contributed by atoms with Gasteiger partial charge in [0.05, 0.1) is 11.2 Å². The van der Waals surface area contributed by atoms with Crippen LogP contribution in [0.4, 0.5) is 0 Å². The van der Waals surface area contributed by atoms with Gasteiger partial charge >= 0.3 is 24.2 Å². The van der Waals surface area contributed by atoms with Crippen molar-refractivity contribution < 1.29 is 26.4 Å². The van der Waals surface area contributed by atoms with Crippen LogP contribution < -0.4 is 5.46 Å². The van der Waals surface area contributed by atoms with E-state index in [0.717, 1.165) is 5.46 Å². The zero-order valence-corrected chi connectivity index (χ0v) is 16.9. The molecule has 3 aromatic carbocycles. The zero-order valence-electron chi connectivity index (χ0n) is 15.8. The minimum atomic E-state index is -0.290. The molecule has 0 unspecified atom stereocenters. The monoisotopic (exact) mass is 388 g/mol. The summed E-state index contributed by atoms with van der Waals surface area (Å²) >= 11 is 0. The molecule has 0 aromatic heterocycles. The smallest absolute Gasteiger partial charge is 0.399 e. The van der Waals surface area contributed by atoms with Crippen molar-refractivity contribution in [2.45, 2.75) is 38.9 Å². The summed E-state index contributed by atoms with van der Waals surface area (Å²) in [5, 5.41) is 0. The van der Waals surface area contributed by atoms with Crippen molar-refractivity contribution in [3.05, 3.63) is 78.9 Å². The molecule has 1 aliphatic rings. The second kappa shape index (κ2) is 8.41. The third-order valence-corrected chi connectivity index (χ3v) is 4.99. The maximum Gasteiger partial charge on any atom is 2.00 e. The minimum absolute atomic E-state index is 0. The first-order valence-corrected chi connectivity index (χ1v) is 8.73. The van der Waals surface area contributed by atoms with Crippen LogP contribution >= 0.6 is 0 Å². The minimum Gasteiger partial charge on any atom is -0.399 e. The Kier molecular flexibility index (Phi) is 6.71. The summed E-state index contributed by atoms with van der Waals surface area (Å²) < 4.78 is 12.1. The molecule has 0 spiro atoms. The fourth-order valence-corrected chi connectivity index (χ4v) is 2.70. The van der Waals surface area contributed by atoms with Gasteiger partial charge in [-0.1, -0.05) is 17.7 Å². The third kappa shape index (κ3) is 4.58. The van der Waals surface area contributed by atoms with Crippen LogP contribution in [0.25, 0.3) is 11.1 Å². The molecule has 136 valence electrons. The van der Waals surface area contributed by atoms with E-state index in [1.54, 1.807) is 0 Å². The number of hydrogen-bond acceptors (Lipinski definition) is 2. The maximum atomic E-state index is 6.06. The zero-order chi connectivity index (χ0) is 17.9. The Bertz CT molecular complexity index is 726. The number of benzene rings is 1. The molecule has 1 saturated heterocycles. The number of hydrogen-bond donors (Lipinski definition) is 0. The van der Waals surface area contributed by atoms with Crippen molar-refractivity contribution in [3.63, 3.8) is 0 Å². The van der Waals surface area contributed by atoms with Crippen LogP contribution in [0.1, 0.15) is 27.7 Å². The van der Waals surface area contributed by atoms with Crippen LogP contribution in [0.15, 0.2) is 78.9 Å². The second-order valence-corrected chi connectivity index (χ2v) is 7.35. The van der Waals surface area contributed by atoms with E-state index in [4.69, 9.17) is 9.31 Å². The van der Waals surface area contributed by atoms with Crippen molar-refractivity contribution in [1.82, 2.24) is 0 Å². The summed E-state index contributed by atoms with van der Waals surface area (Å²) in [4.78, 5) is 0. The third-order valence-electron chi connectivity index (χ3n) is 4.99. The summed E-state index contributed by atoms with van der Waals surface area (Å²) in [6.07, 6.45) is 0. The van der Waals surface area contributed by atoms with Gasteiger partial charge in [-0.3, -0.25) is 0 Å². The van der Waals surface area contributed by atoms with Gasteiger partial charge in [-0.2, -0.15) is 30.3 Å². The van der Waals surface area contributed by atoms with E-state index in [-0.39, 0.29) is 35.4 Å². The van der Waals surface area contributed by atoms with Crippen molar-refractivity contribution in [2.75, 3.05) is 0 Å². The molecule has 1 aliphatic heterocycles. The Balaban J connectivity index is 0.000000351. The van der Waals surface area contributed by atoms with Gasteiger partial charge in [-0.05, 0) is 33.2 Å². The molecule has 0 saturated carbocycles. The van der Waals surface area contributed by atoms with Crippen LogP contribution in [0, 0.1) is 0 Å². The molecular weight excluding hydrogens is 363 g/mol. The summed E-state index contributed by atoms with van der Waals surface area (Å²) in [6, 6.07) is 26.8. The van der Waals surface area contributed by atoms with E-state index >= 15 is 0 Å². The van der Waals surface area contributed by atoms with Gasteiger partial charge in [0, 0.05) is 0 Å². The molecule has 0 N–H and O–H groups in total. The van der Waals surface area contributed by atoms with E-state index in [1.807, 2.05) is 30.3 Å². The maximum absolute atomic E-state index is 6.06. The first-order chi connectivity index (χ1) is 11.9. The van der Waals surface area contributed by atoms with Crippen molar-refractivity contribution >= 4 is 12.6 Å². The topological polar surface area (TPSA) is 18.5 Å². The molecule has 2 nitrogen and oxygen atoms in total. The normalized spacial score (nSPS) is 17.2. The van der Waals surface area contributed by atoms with Crippen molar-refractivity contribution in [3.8, 4) is 11.1 Å². The second-order valence-electron chi connectivity index (χ2n) is 7.35. The van der Waals surface area contributed by atoms with E-state index in [2.05, 4.69) is 76.2 Å². The van der Waals surface area contributed by atoms with Gasteiger partial charge in [-0.25, -0.2) is 12.1 Å². The molecule has 0 aliphatic carbocycles. The average molecular weight is 388 g/mol. The van der Waals surface area contributed by atoms with Crippen LogP contribution in [0.2, 0.25) is 0 Å². The fourth-order valence-electron chi connectivity index (χ4n) is 2.70. The molecular formula is C22H25BFeO2. The molecule has 1 fully saturated rings. The molecule has 4 heteroatoms. The first-order valence-electron chi connectivity index (χ1n) is 8.73. The van der Waals surface area contributed by atoms with Crippen molar-refractivity contribution in [1.29, 1.82) is 0 Å². The standard InChI is InChI=1S/C17H20BO2.C5H5.Fe/c1-16(2)17(3,4)20-18(19-16)15-11-9-14(10-12-15)13-7-5-6-8-13;1-2-4-5-3-1;/h5-12H,1-4H3;1-5H;/q2*-1;+2. The van der Waals surface area contributed by atoms with Crippen molar-refractivity contribution in [2.24, 2.45) is 0 Å². The van der Waals surface area contributed by atoms with Crippen LogP contribution in [0.5, 0.6) is 0 Å². The molecule has 0 bridgehead atoms. The Hall–Kier alpha value is -1.58. The van der Waals surface area contributed by atoms with Gasteiger partial charge in [0.1, 0.15) is 0 Å². The summed E-state index contributed by atoms with van der Waals surface area (Å²) in [5.41, 5.74) is 2.95. The summed E-state index contributed by atoms with van der Waals surface area (Å²) in [5.74, 6) is 0. The van der Waals surface area contributed by atoms with E-state index in [1.165, 1.54) is 11.1 Å². The number of rotatable bonds is 2. The predicted octanol–water partition coefficient (Wildman–Crippen LogP) is 4.77. The molecule has 3 aromatic rings.